The predicted molar refractivity (Wildman–Crippen MR) is 75.2 cm³/mol. The van der Waals surface area contributed by atoms with Gasteiger partial charge < -0.3 is 4.90 Å². The van der Waals surface area contributed by atoms with Crippen LogP contribution in [0.3, 0.4) is 0 Å². The SMILES string of the molecule is Fc1cccc(-c2cn3ccc(N4CCC4)nc3n2)c1. The van der Waals surface area contributed by atoms with Crippen molar-refractivity contribution in [3.63, 3.8) is 0 Å². The van der Waals surface area contributed by atoms with Crippen LogP contribution in [0, 0.1) is 5.82 Å². The summed E-state index contributed by atoms with van der Waals surface area (Å²) in [6.45, 7) is 2.11. The number of anilines is 1. The summed E-state index contributed by atoms with van der Waals surface area (Å²) in [6, 6.07) is 8.44. The normalized spacial score (nSPS) is 14.6. The molecule has 1 aromatic carbocycles. The Morgan fingerprint density at radius 2 is 2.00 bits per heavy atom. The van der Waals surface area contributed by atoms with E-state index in [9.17, 15) is 4.39 Å². The Morgan fingerprint density at radius 1 is 1.10 bits per heavy atom. The molecule has 20 heavy (non-hydrogen) atoms. The molecular weight excluding hydrogens is 255 g/mol. The average Bonchev–Trinajstić information content (AvgIpc) is 2.80. The lowest BCUT2D eigenvalue weighted by molar-refractivity contribution is 0.609. The molecular formula is C15H13FN4. The van der Waals surface area contributed by atoms with Gasteiger partial charge in [-0.25, -0.2) is 9.37 Å². The summed E-state index contributed by atoms with van der Waals surface area (Å²) in [5.41, 5.74) is 1.50. The molecule has 100 valence electrons. The maximum absolute atomic E-state index is 13.3. The highest BCUT2D eigenvalue weighted by molar-refractivity contribution is 5.62. The Balaban J connectivity index is 1.78. The number of aromatic nitrogens is 3. The van der Waals surface area contributed by atoms with Gasteiger partial charge in [-0.05, 0) is 24.6 Å². The Labute approximate surface area is 115 Å². The van der Waals surface area contributed by atoms with E-state index in [0.29, 0.717) is 5.78 Å². The van der Waals surface area contributed by atoms with Crippen molar-refractivity contribution in [1.29, 1.82) is 0 Å². The second-order valence-electron chi connectivity index (χ2n) is 4.97. The topological polar surface area (TPSA) is 33.4 Å². The molecule has 0 saturated carbocycles. The van der Waals surface area contributed by atoms with Crippen LogP contribution in [0.25, 0.3) is 17.0 Å². The Morgan fingerprint density at radius 3 is 2.75 bits per heavy atom. The van der Waals surface area contributed by atoms with Crippen molar-refractivity contribution in [2.75, 3.05) is 18.0 Å². The van der Waals surface area contributed by atoms with E-state index in [1.165, 1.54) is 18.6 Å². The summed E-state index contributed by atoms with van der Waals surface area (Å²) >= 11 is 0. The summed E-state index contributed by atoms with van der Waals surface area (Å²) in [6.07, 6.45) is 5.04. The number of nitrogens with zero attached hydrogens (tertiary/aromatic N) is 4. The zero-order chi connectivity index (χ0) is 13.5. The first kappa shape index (κ1) is 11.4. The molecule has 0 amide bonds. The molecule has 3 aromatic rings. The average molecular weight is 268 g/mol. The number of fused-ring (bicyclic) bond motifs is 1. The molecule has 1 aliphatic heterocycles. The molecule has 0 radical (unpaired) electrons. The van der Waals surface area contributed by atoms with Crippen molar-refractivity contribution in [2.24, 2.45) is 0 Å². The second-order valence-corrected chi connectivity index (χ2v) is 4.97. The van der Waals surface area contributed by atoms with Crippen LogP contribution in [0.4, 0.5) is 10.2 Å². The van der Waals surface area contributed by atoms with Crippen LogP contribution in [0.5, 0.6) is 0 Å². The first-order valence-electron chi connectivity index (χ1n) is 6.66. The Bertz CT molecular complexity index is 776. The zero-order valence-corrected chi connectivity index (χ0v) is 10.8. The van der Waals surface area contributed by atoms with E-state index in [0.717, 1.165) is 30.2 Å². The Hall–Kier alpha value is -2.43. The molecule has 4 rings (SSSR count). The van der Waals surface area contributed by atoms with Crippen LogP contribution in [-0.2, 0) is 0 Å². The lowest BCUT2D eigenvalue weighted by Crippen LogP contribution is -2.37. The van der Waals surface area contributed by atoms with Crippen LogP contribution in [0.1, 0.15) is 6.42 Å². The van der Waals surface area contributed by atoms with E-state index in [-0.39, 0.29) is 5.82 Å². The maximum Gasteiger partial charge on any atom is 0.236 e. The summed E-state index contributed by atoms with van der Waals surface area (Å²) in [5.74, 6) is 1.35. The number of hydrogen-bond donors (Lipinski definition) is 0. The van der Waals surface area contributed by atoms with Gasteiger partial charge in [0, 0.05) is 31.0 Å². The van der Waals surface area contributed by atoms with Gasteiger partial charge in [0.2, 0.25) is 5.78 Å². The minimum Gasteiger partial charge on any atom is -0.356 e. The van der Waals surface area contributed by atoms with Crippen molar-refractivity contribution in [3.05, 3.63) is 48.5 Å². The molecule has 0 bridgehead atoms. The molecule has 1 fully saturated rings. The molecule has 0 N–H and O–H groups in total. The van der Waals surface area contributed by atoms with Crippen molar-refractivity contribution in [2.45, 2.75) is 6.42 Å². The molecule has 0 atom stereocenters. The largest absolute Gasteiger partial charge is 0.356 e. The lowest BCUT2D eigenvalue weighted by atomic mass is 10.2. The fourth-order valence-corrected chi connectivity index (χ4v) is 2.37. The monoisotopic (exact) mass is 268 g/mol. The maximum atomic E-state index is 13.3. The summed E-state index contributed by atoms with van der Waals surface area (Å²) in [4.78, 5) is 11.3. The summed E-state index contributed by atoms with van der Waals surface area (Å²) in [5, 5.41) is 0. The quantitative estimate of drug-likeness (QED) is 0.716. The number of benzene rings is 1. The predicted octanol–water partition coefficient (Wildman–Crippen LogP) is 2.75. The molecule has 0 spiro atoms. The van der Waals surface area contributed by atoms with Crippen LogP contribution >= 0.6 is 0 Å². The smallest absolute Gasteiger partial charge is 0.236 e. The van der Waals surface area contributed by atoms with Crippen LogP contribution in [0.2, 0.25) is 0 Å². The third-order valence-electron chi connectivity index (χ3n) is 3.61. The minimum atomic E-state index is -0.256. The third kappa shape index (κ3) is 1.82. The molecule has 5 heteroatoms. The highest BCUT2D eigenvalue weighted by atomic mass is 19.1. The van der Waals surface area contributed by atoms with Gasteiger partial charge in [0.05, 0.1) is 5.69 Å². The van der Waals surface area contributed by atoms with E-state index < -0.39 is 0 Å². The molecule has 1 aliphatic rings. The number of halogens is 1. The third-order valence-corrected chi connectivity index (χ3v) is 3.61. The van der Waals surface area contributed by atoms with Crippen molar-refractivity contribution in [1.82, 2.24) is 14.4 Å². The van der Waals surface area contributed by atoms with E-state index in [1.54, 1.807) is 6.07 Å². The van der Waals surface area contributed by atoms with Gasteiger partial charge in [-0.3, -0.25) is 4.40 Å². The van der Waals surface area contributed by atoms with Gasteiger partial charge in [0.15, 0.2) is 0 Å². The van der Waals surface area contributed by atoms with Crippen molar-refractivity contribution < 1.29 is 4.39 Å². The summed E-state index contributed by atoms with van der Waals surface area (Å²) in [7, 11) is 0. The molecule has 2 aromatic heterocycles. The van der Waals surface area contributed by atoms with Crippen LogP contribution in [0.15, 0.2) is 42.7 Å². The van der Waals surface area contributed by atoms with Crippen molar-refractivity contribution in [3.8, 4) is 11.3 Å². The van der Waals surface area contributed by atoms with Crippen LogP contribution < -0.4 is 4.90 Å². The second kappa shape index (κ2) is 4.30. The van der Waals surface area contributed by atoms with Crippen LogP contribution in [-0.4, -0.2) is 27.5 Å². The molecule has 1 saturated heterocycles. The first-order chi connectivity index (χ1) is 9.79. The number of hydrogen-bond acceptors (Lipinski definition) is 3. The van der Waals surface area contributed by atoms with Crippen molar-refractivity contribution >= 4 is 11.6 Å². The minimum absolute atomic E-state index is 0.256. The highest BCUT2D eigenvalue weighted by Gasteiger charge is 2.16. The van der Waals surface area contributed by atoms with Gasteiger partial charge in [-0.2, -0.15) is 4.98 Å². The van der Waals surface area contributed by atoms with Gasteiger partial charge in [0.1, 0.15) is 11.6 Å². The van der Waals surface area contributed by atoms with Gasteiger partial charge in [-0.1, -0.05) is 12.1 Å². The molecule has 3 heterocycles. The van der Waals surface area contributed by atoms with E-state index in [4.69, 9.17) is 0 Å². The number of rotatable bonds is 2. The molecule has 4 nitrogen and oxygen atoms in total. The summed E-state index contributed by atoms with van der Waals surface area (Å²) < 4.78 is 15.1. The van der Waals surface area contributed by atoms with E-state index >= 15 is 0 Å². The molecule has 0 aliphatic carbocycles. The highest BCUT2D eigenvalue weighted by Crippen LogP contribution is 2.22. The number of imidazole rings is 1. The van der Waals surface area contributed by atoms with Gasteiger partial charge in [-0.15, -0.1) is 0 Å². The lowest BCUT2D eigenvalue weighted by Gasteiger charge is -2.31. The fourth-order valence-electron chi connectivity index (χ4n) is 2.37. The Kier molecular flexibility index (Phi) is 2.45. The zero-order valence-electron chi connectivity index (χ0n) is 10.8. The van der Waals surface area contributed by atoms with E-state index in [1.807, 2.05) is 28.9 Å². The standard InChI is InChI=1S/C15H13FN4/c16-12-4-1-3-11(9-12)13-10-20-8-5-14(18-15(20)17-13)19-6-2-7-19/h1,3-5,8-10H,2,6-7H2. The molecule has 0 unspecified atom stereocenters. The van der Waals surface area contributed by atoms with E-state index in [2.05, 4.69) is 14.9 Å². The first-order valence-corrected chi connectivity index (χ1v) is 6.66. The fraction of sp³-hybridized carbons (Fsp3) is 0.200. The van der Waals surface area contributed by atoms with Gasteiger partial charge in [0.25, 0.3) is 0 Å². The van der Waals surface area contributed by atoms with Gasteiger partial charge >= 0.3 is 0 Å².